The lowest BCUT2D eigenvalue weighted by Gasteiger charge is -2.19. The maximum atomic E-state index is 9.95. The summed E-state index contributed by atoms with van der Waals surface area (Å²) < 4.78 is 0. The number of hydrogen-bond donors (Lipinski definition) is 2. The topological polar surface area (TPSA) is 62.4 Å². The maximum absolute atomic E-state index is 9.95. The molecule has 1 saturated heterocycles. The van der Waals surface area contributed by atoms with Gasteiger partial charge in [-0.1, -0.05) is 18.3 Å². The van der Waals surface area contributed by atoms with Crippen molar-refractivity contribution < 1.29 is 5.11 Å². The first kappa shape index (κ1) is 13.0. The highest BCUT2D eigenvalue weighted by molar-refractivity contribution is 7.80. The van der Waals surface area contributed by atoms with Crippen molar-refractivity contribution in [3.8, 4) is 0 Å². The Morgan fingerprint density at radius 1 is 1.47 bits per heavy atom. The van der Waals surface area contributed by atoms with Crippen LogP contribution in [0.25, 0.3) is 0 Å². The van der Waals surface area contributed by atoms with Crippen molar-refractivity contribution in [3.05, 3.63) is 29.6 Å². The Kier molecular flexibility index (Phi) is 3.52. The second-order valence-corrected chi connectivity index (χ2v) is 6.08. The fourth-order valence-electron chi connectivity index (χ4n) is 3.49. The number of nitrogens with zero attached hydrogens (tertiary/aromatic N) is 2. The lowest BCUT2D eigenvalue weighted by atomic mass is 10.00. The van der Waals surface area contributed by atoms with Gasteiger partial charge in [-0.2, -0.15) is 0 Å². The minimum Gasteiger partial charge on any atom is -0.393 e. The molecule has 3 rings (SSSR count). The van der Waals surface area contributed by atoms with Crippen LogP contribution in [0, 0.1) is 11.8 Å². The molecule has 1 saturated carbocycles. The van der Waals surface area contributed by atoms with Crippen LogP contribution in [0.3, 0.4) is 0 Å². The molecule has 0 aromatic carbocycles. The third-order valence-corrected chi connectivity index (χ3v) is 4.61. The highest BCUT2D eigenvalue weighted by Crippen LogP contribution is 2.38. The fourth-order valence-corrected chi connectivity index (χ4v) is 3.67. The molecular weight excluding hydrogens is 258 g/mol. The summed E-state index contributed by atoms with van der Waals surface area (Å²) in [4.78, 5) is 7.01. The van der Waals surface area contributed by atoms with E-state index in [1.807, 2.05) is 12.1 Å². The van der Waals surface area contributed by atoms with Gasteiger partial charge in [0.15, 0.2) is 0 Å². The maximum Gasteiger partial charge on any atom is 0.123 e. The molecule has 2 heterocycles. The Hall–Kier alpha value is -1.04. The van der Waals surface area contributed by atoms with E-state index >= 15 is 0 Å². The highest BCUT2D eigenvalue weighted by Gasteiger charge is 2.41. The van der Waals surface area contributed by atoms with Gasteiger partial charge >= 0.3 is 0 Å². The van der Waals surface area contributed by atoms with Crippen molar-refractivity contribution in [2.75, 3.05) is 13.1 Å². The number of likely N-dealkylation sites (tertiary alicyclic amines) is 1. The predicted octanol–water partition coefficient (Wildman–Crippen LogP) is 0.918. The SMILES string of the molecule is NC(=S)c1ncccc1CN1CC2CCC(O)C2C1. The predicted molar refractivity (Wildman–Crippen MR) is 77.6 cm³/mol. The second-order valence-electron chi connectivity index (χ2n) is 5.64. The lowest BCUT2D eigenvalue weighted by Crippen LogP contribution is -2.26. The zero-order chi connectivity index (χ0) is 13.4. The summed E-state index contributed by atoms with van der Waals surface area (Å²) in [6.07, 6.45) is 3.73. The summed E-state index contributed by atoms with van der Waals surface area (Å²) >= 11 is 5.05. The van der Waals surface area contributed by atoms with Crippen LogP contribution in [0.1, 0.15) is 24.1 Å². The third kappa shape index (κ3) is 2.50. The van der Waals surface area contributed by atoms with E-state index in [1.54, 1.807) is 6.20 Å². The van der Waals surface area contributed by atoms with Crippen LogP contribution in [0.4, 0.5) is 0 Å². The fraction of sp³-hybridized carbons (Fsp3) is 0.571. The van der Waals surface area contributed by atoms with Crippen LogP contribution in [0.5, 0.6) is 0 Å². The molecule has 2 aliphatic rings. The molecule has 19 heavy (non-hydrogen) atoms. The quantitative estimate of drug-likeness (QED) is 0.805. The van der Waals surface area contributed by atoms with E-state index in [0.29, 0.717) is 16.8 Å². The van der Waals surface area contributed by atoms with E-state index in [9.17, 15) is 5.11 Å². The van der Waals surface area contributed by atoms with Crippen LogP contribution in [-0.4, -0.2) is 39.2 Å². The van der Waals surface area contributed by atoms with Gasteiger partial charge in [-0.3, -0.25) is 9.88 Å². The molecule has 0 spiro atoms. The summed E-state index contributed by atoms with van der Waals surface area (Å²) in [6, 6.07) is 3.95. The van der Waals surface area contributed by atoms with E-state index in [-0.39, 0.29) is 6.10 Å². The van der Waals surface area contributed by atoms with Gasteiger partial charge in [-0.15, -0.1) is 0 Å². The van der Waals surface area contributed by atoms with E-state index in [0.717, 1.165) is 43.7 Å². The molecule has 3 N–H and O–H groups in total. The number of rotatable bonds is 3. The number of hydrogen-bond acceptors (Lipinski definition) is 4. The first-order valence-corrected chi connectivity index (χ1v) is 7.20. The van der Waals surface area contributed by atoms with Gasteiger partial charge in [-0.05, 0) is 30.4 Å². The smallest absolute Gasteiger partial charge is 0.123 e. The monoisotopic (exact) mass is 277 g/mol. The summed E-state index contributed by atoms with van der Waals surface area (Å²) in [5.41, 5.74) is 7.53. The largest absolute Gasteiger partial charge is 0.393 e. The highest BCUT2D eigenvalue weighted by atomic mass is 32.1. The van der Waals surface area contributed by atoms with Gasteiger partial charge in [0, 0.05) is 31.7 Å². The van der Waals surface area contributed by atoms with Gasteiger partial charge in [0.1, 0.15) is 10.7 Å². The molecule has 102 valence electrons. The van der Waals surface area contributed by atoms with Crippen molar-refractivity contribution in [3.63, 3.8) is 0 Å². The van der Waals surface area contributed by atoms with Crippen molar-refractivity contribution in [2.24, 2.45) is 17.6 Å². The average molecular weight is 277 g/mol. The number of nitrogens with two attached hydrogens (primary N) is 1. The summed E-state index contributed by atoms with van der Waals surface area (Å²) in [5, 5.41) is 9.95. The van der Waals surface area contributed by atoms with E-state index in [2.05, 4.69) is 9.88 Å². The average Bonchev–Trinajstić information content (AvgIpc) is 2.92. The Morgan fingerprint density at radius 2 is 2.32 bits per heavy atom. The van der Waals surface area contributed by atoms with E-state index in [4.69, 9.17) is 18.0 Å². The van der Waals surface area contributed by atoms with Crippen LogP contribution in [0.15, 0.2) is 18.3 Å². The van der Waals surface area contributed by atoms with Gasteiger partial charge in [0.05, 0.1) is 6.10 Å². The van der Waals surface area contributed by atoms with Gasteiger partial charge in [-0.25, -0.2) is 0 Å². The number of pyridine rings is 1. The van der Waals surface area contributed by atoms with E-state index < -0.39 is 0 Å². The molecule has 1 aliphatic heterocycles. The van der Waals surface area contributed by atoms with Crippen molar-refractivity contribution in [1.82, 2.24) is 9.88 Å². The second kappa shape index (κ2) is 5.15. The number of aromatic nitrogens is 1. The van der Waals surface area contributed by atoms with Crippen LogP contribution in [-0.2, 0) is 6.54 Å². The molecule has 1 aliphatic carbocycles. The molecule has 1 aromatic rings. The minimum atomic E-state index is -0.112. The molecule has 0 radical (unpaired) electrons. The van der Waals surface area contributed by atoms with Gasteiger partial charge < -0.3 is 10.8 Å². The first-order chi connectivity index (χ1) is 9.15. The van der Waals surface area contributed by atoms with Crippen molar-refractivity contribution >= 4 is 17.2 Å². The summed E-state index contributed by atoms with van der Waals surface area (Å²) in [7, 11) is 0. The minimum absolute atomic E-state index is 0.112. The zero-order valence-electron chi connectivity index (χ0n) is 10.8. The number of fused-ring (bicyclic) bond motifs is 1. The van der Waals surface area contributed by atoms with Crippen LogP contribution < -0.4 is 5.73 Å². The normalized spacial score (nSPS) is 30.5. The molecule has 2 fully saturated rings. The van der Waals surface area contributed by atoms with Crippen molar-refractivity contribution in [2.45, 2.75) is 25.5 Å². The first-order valence-electron chi connectivity index (χ1n) is 6.79. The molecule has 3 atom stereocenters. The Morgan fingerprint density at radius 3 is 3.05 bits per heavy atom. The lowest BCUT2D eigenvalue weighted by molar-refractivity contribution is 0.123. The molecule has 5 heteroatoms. The summed E-state index contributed by atoms with van der Waals surface area (Å²) in [5.74, 6) is 1.10. The third-order valence-electron chi connectivity index (χ3n) is 4.41. The van der Waals surface area contributed by atoms with E-state index in [1.165, 1.54) is 0 Å². The Labute approximate surface area is 118 Å². The molecular formula is C14H19N3OS. The summed E-state index contributed by atoms with van der Waals surface area (Å²) in [6.45, 7) is 2.85. The zero-order valence-corrected chi connectivity index (χ0v) is 11.6. The molecule has 4 nitrogen and oxygen atoms in total. The molecule has 1 aromatic heterocycles. The van der Waals surface area contributed by atoms with Crippen LogP contribution >= 0.6 is 12.2 Å². The number of aliphatic hydroxyl groups is 1. The Bertz CT molecular complexity index is 493. The van der Waals surface area contributed by atoms with Crippen LogP contribution in [0.2, 0.25) is 0 Å². The number of thiocarbonyl (C=S) groups is 1. The molecule has 3 unspecified atom stereocenters. The van der Waals surface area contributed by atoms with Gasteiger partial charge in [0.2, 0.25) is 0 Å². The Balaban J connectivity index is 1.72. The standard InChI is InChI=1S/C14H19N3OS/c15-14(19)13-10(2-1-5-16-13)7-17-6-9-3-4-12(18)11(9)8-17/h1-2,5,9,11-12,18H,3-4,6-8H2,(H2,15,19). The molecule has 0 amide bonds. The molecule has 0 bridgehead atoms. The van der Waals surface area contributed by atoms with Crippen molar-refractivity contribution in [1.29, 1.82) is 0 Å². The van der Waals surface area contributed by atoms with Gasteiger partial charge in [0.25, 0.3) is 0 Å². The number of aliphatic hydroxyl groups excluding tert-OH is 1.